The fraction of sp³-hybridized carbons (Fsp3) is 0.316. The van der Waals surface area contributed by atoms with Crippen LogP contribution in [0, 0.1) is 0 Å². The van der Waals surface area contributed by atoms with Gasteiger partial charge >= 0.3 is 0 Å². The normalized spacial score (nSPS) is 13.1. The van der Waals surface area contributed by atoms with Crippen LogP contribution in [0.2, 0.25) is 0 Å². The molecule has 0 fully saturated rings. The van der Waals surface area contributed by atoms with Crippen molar-refractivity contribution in [2.24, 2.45) is 0 Å². The van der Waals surface area contributed by atoms with E-state index < -0.39 is 0 Å². The number of hydrogen-bond donors (Lipinski definition) is 0. The maximum Gasteiger partial charge on any atom is 0.162 e. The van der Waals surface area contributed by atoms with Crippen molar-refractivity contribution in [3.63, 3.8) is 0 Å². The zero-order valence-electron chi connectivity index (χ0n) is 12.2. The quantitative estimate of drug-likeness (QED) is 0.427. The number of Topliss-reactive ketones (excluding diaryl/α,β-unsaturated/α-hetero) is 1. The molecule has 0 saturated carbocycles. The SMILES string of the molecule is O=C(CCCSc1ccc2c(c1)CCC2)c1ccccc1. The summed E-state index contributed by atoms with van der Waals surface area (Å²) in [6, 6.07) is 16.4. The lowest BCUT2D eigenvalue weighted by Crippen LogP contribution is -1.99. The summed E-state index contributed by atoms with van der Waals surface area (Å²) in [6.07, 6.45) is 5.36. The topological polar surface area (TPSA) is 17.1 Å². The van der Waals surface area contributed by atoms with Gasteiger partial charge in [-0.05, 0) is 54.7 Å². The van der Waals surface area contributed by atoms with E-state index in [1.807, 2.05) is 42.1 Å². The standard InChI is InChI=1S/C19H20OS/c20-19(16-6-2-1-3-7-16)10-5-13-21-18-12-11-15-8-4-9-17(15)14-18/h1-3,6-7,11-12,14H,4-5,8-10,13H2. The van der Waals surface area contributed by atoms with E-state index >= 15 is 0 Å². The van der Waals surface area contributed by atoms with Crippen LogP contribution in [0.4, 0.5) is 0 Å². The smallest absolute Gasteiger partial charge is 0.162 e. The zero-order valence-corrected chi connectivity index (χ0v) is 13.0. The van der Waals surface area contributed by atoms with E-state index in [1.165, 1.54) is 35.3 Å². The van der Waals surface area contributed by atoms with Gasteiger partial charge in [-0.25, -0.2) is 0 Å². The van der Waals surface area contributed by atoms with Crippen LogP contribution in [0.15, 0.2) is 53.4 Å². The maximum absolute atomic E-state index is 12.0. The van der Waals surface area contributed by atoms with E-state index in [1.54, 1.807) is 0 Å². The van der Waals surface area contributed by atoms with Crippen molar-refractivity contribution in [1.82, 2.24) is 0 Å². The summed E-state index contributed by atoms with van der Waals surface area (Å²) in [4.78, 5) is 13.3. The van der Waals surface area contributed by atoms with Crippen molar-refractivity contribution < 1.29 is 4.79 Å². The molecular weight excluding hydrogens is 276 g/mol. The van der Waals surface area contributed by atoms with Gasteiger partial charge in [0.05, 0.1) is 0 Å². The molecule has 0 spiro atoms. The predicted molar refractivity (Wildman–Crippen MR) is 89.2 cm³/mol. The highest BCUT2D eigenvalue weighted by Crippen LogP contribution is 2.28. The number of carbonyl (C=O) groups excluding carboxylic acids is 1. The van der Waals surface area contributed by atoms with Gasteiger partial charge in [0.25, 0.3) is 0 Å². The van der Waals surface area contributed by atoms with Crippen molar-refractivity contribution in [3.8, 4) is 0 Å². The van der Waals surface area contributed by atoms with E-state index in [-0.39, 0.29) is 5.78 Å². The lowest BCUT2D eigenvalue weighted by molar-refractivity contribution is 0.0982. The Bertz CT molecular complexity index is 619. The van der Waals surface area contributed by atoms with Crippen LogP contribution >= 0.6 is 11.8 Å². The number of fused-ring (bicyclic) bond motifs is 1. The molecule has 0 amide bonds. The van der Waals surface area contributed by atoms with E-state index in [4.69, 9.17) is 0 Å². The summed E-state index contributed by atoms with van der Waals surface area (Å²) in [7, 11) is 0. The van der Waals surface area contributed by atoms with Gasteiger partial charge in [-0.2, -0.15) is 0 Å². The van der Waals surface area contributed by atoms with Gasteiger partial charge in [0.15, 0.2) is 5.78 Å². The Labute approximate surface area is 130 Å². The largest absolute Gasteiger partial charge is 0.294 e. The van der Waals surface area contributed by atoms with E-state index in [0.29, 0.717) is 6.42 Å². The Morgan fingerprint density at radius 1 is 1.00 bits per heavy atom. The minimum atomic E-state index is 0.255. The van der Waals surface area contributed by atoms with E-state index in [9.17, 15) is 4.79 Å². The lowest BCUT2D eigenvalue weighted by atomic mass is 10.1. The molecule has 2 aromatic rings. The van der Waals surface area contributed by atoms with Gasteiger partial charge < -0.3 is 0 Å². The van der Waals surface area contributed by atoms with Crippen molar-refractivity contribution >= 4 is 17.5 Å². The molecule has 0 unspecified atom stereocenters. The first kappa shape index (κ1) is 14.4. The second-order valence-electron chi connectivity index (χ2n) is 5.53. The number of ketones is 1. The molecule has 108 valence electrons. The summed E-state index contributed by atoms with van der Waals surface area (Å²) in [6.45, 7) is 0. The van der Waals surface area contributed by atoms with Gasteiger partial charge in [-0.3, -0.25) is 4.79 Å². The Balaban J connectivity index is 1.45. The highest BCUT2D eigenvalue weighted by molar-refractivity contribution is 7.99. The van der Waals surface area contributed by atoms with E-state index in [2.05, 4.69) is 18.2 Å². The molecule has 1 nitrogen and oxygen atoms in total. The van der Waals surface area contributed by atoms with E-state index in [0.717, 1.165) is 17.7 Å². The van der Waals surface area contributed by atoms with Crippen LogP contribution < -0.4 is 0 Å². The summed E-state index contributed by atoms with van der Waals surface area (Å²) >= 11 is 1.87. The number of hydrogen-bond acceptors (Lipinski definition) is 2. The van der Waals surface area contributed by atoms with Gasteiger partial charge in [-0.1, -0.05) is 36.4 Å². The summed E-state index contributed by atoms with van der Waals surface area (Å²) in [5, 5.41) is 0. The van der Waals surface area contributed by atoms with Crippen molar-refractivity contribution in [2.75, 3.05) is 5.75 Å². The minimum Gasteiger partial charge on any atom is -0.294 e. The number of aryl methyl sites for hydroxylation is 2. The number of rotatable bonds is 6. The molecule has 0 heterocycles. The average Bonchev–Trinajstić information content (AvgIpc) is 3.00. The first-order chi connectivity index (χ1) is 10.3. The number of carbonyl (C=O) groups is 1. The Morgan fingerprint density at radius 2 is 1.81 bits per heavy atom. The maximum atomic E-state index is 12.0. The van der Waals surface area contributed by atoms with Gasteiger partial charge in [0.2, 0.25) is 0 Å². The third kappa shape index (κ3) is 3.76. The molecule has 1 aliphatic rings. The van der Waals surface area contributed by atoms with Gasteiger partial charge in [0.1, 0.15) is 0 Å². The molecule has 0 radical (unpaired) electrons. The second-order valence-corrected chi connectivity index (χ2v) is 6.69. The molecule has 2 heteroatoms. The summed E-state index contributed by atoms with van der Waals surface area (Å²) < 4.78 is 0. The van der Waals surface area contributed by atoms with Crippen LogP contribution in [0.25, 0.3) is 0 Å². The molecule has 2 aromatic carbocycles. The van der Waals surface area contributed by atoms with Crippen LogP contribution in [0.5, 0.6) is 0 Å². The van der Waals surface area contributed by atoms with Crippen LogP contribution in [-0.4, -0.2) is 11.5 Å². The molecular formula is C19H20OS. The minimum absolute atomic E-state index is 0.255. The Kier molecular flexibility index (Phi) is 4.76. The fourth-order valence-corrected chi connectivity index (χ4v) is 3.74. The number of thioether (sulfide) groups is 1. The van der Waals surface area contributed by atoms with Crippen molar-refractivity contribution in [1.29, 1.82) is 0 Å². The third-order valence-electron chi connectivity index (χ3n) is 3.98. The summed E-state index contributed by atoms with van der Waals surface area (Å²) in [5.41, 5.74) is 3.89. The molecule has 1 aliphatic carbocycles. The van der Waals surface area contributed by atoms with Crippen LogP contribution in [0.3, 0.4) is 0 Å². The molecule has 21 heavy (non-hydrogen) atoms. The second kappa shape index (κ2) is 6.95. The predicted octanol–water partition coefficient (Wildman–Crippen LogP) is 4.93. The third-order valence-corrected chi connectivity index (χ3v) is 5.06. The number of benzene rings is 2. The van der Waals surface area contributed by atoms with Crippen LogP contribution in [-0.2, 0) is 12.8 Å². The van der Waals surface area contributed by atoms with Gasteiger partial charge in [-0.15, -0.1) is 11.8 Å². The summed E-state index contributed by atoms with van der Waals surface area (Å²) in [5.74, 6) is 1.27. The average molecular weight is 296 g/mol. The van der Waals surface area contributed by atoms with Crippen LogP contribution in [0.1, 0.15) is 40.7 Å². The van der Waals surface area contributed by atoms with Crippen molar-refractivity contribution in [3.05, 3.63) is 65.2 Å². The molecule has 0 bridgehead atoms. The first-order valence-corrected chi connectivity index (χ1v) is 8.64. The molecule has 3 rings (SSSR count). The highest BCUT2D eigenvalue weighted by atomic mass is 32.2. The molecule has 0 saturated heterocycles. The first-order valence-electron chi connectivity index (χ1n) is 7.66. The molecule has 0 atom stereocenters. The Morgan fingerprint density at radius 3 is 2.67 bits per heavy atom. The lowest BCUT2D eigenvalue weighted by Gasteiger charge is -2.05. The monoisotopic (exact) mass is 296 g/mol. The fourth-order valence-electron chi connectivity index (χ4n) is 2.83. The highest BCUT2D eigenvalue weighted by Gasteiger charge is 2.11. The Hall–Kier alpha value is -1.54. The van der Waals surface area contributed by atoms with Crippen molar-refractivity contribution in [2.45, 2.75) is 37.0 Å². The molecule has 0 N–H and O–H groups in total. The molecule has 0 aromatic heterocycles. The van der Waals surface area contributed by atoms with Gasteiger partial charge in [0, 0.05) is 16.9 Å². The molecule has 0 aliphatic heterocycles. The zero-order chi connectivity index (χ0) is 14.5.